The van der Waals surface area contributed by atoms with E-state index in [1.807, 2.05) is 4.57 Å². The molecular weight excluding hydrogens is 256 g/mol. The molecule has 4 N–H and O–H groups in total. The number of fused-ring (bicyclic) bond motifs is 1. The zero-order valence-electron chi connectivity index (χ0n) is 11.3. The quantitative estimate of drug-likeness (QED) is 0.707. The van der Waals surface area contributed by atoms with Crippen LogP contribution in [0.1, 0.15) is 6.42 Å². The van der Waals surface area contributed by atoms with Crippen molar-refractivity contribution >= 4 is 22.9 Å². The van der Waals surface area contributed by atoms with Gasteiger partial charge in [0.1, 0.15) is 0 Å². The topological polar surface area (TPSA) is 102 Å². The lowest BCUT2D eigenvalue weighted by atomic mass is 10.0. The lowest BCUT2D eigenvalue weighted by molar-refractivity contribution is 0.242. The molecule has 0 radical (unpaired) electrons. The van der Waals surface area contributed by atoms with Gasteiger partial charge in [0.15, 0.2) is 17.0 Å². The Morgan fingerprint density at radius 2 is 2.20 bits per heavy atom. The van der Waals surface area contributed by atoms with Crippen molar-refractivity contribution in [2.45, 2.75) is 13.0 Å². The summed E-state index contributed by atoms with van der Waals surface area (Å²) in [5.74, 6) is 1.53. The molecule has 0 unspecified atom stereocenters. The van der Waals surface area contributed by atoms with Gasteiger partial charge in [0, 0.05) is 26.1 Å². The SMILES string of the molecule is CNc1nc(N)nc2c1ncn2C[C@H]1C=C[C@@H](CO)C1. The van der Waals surface area contributed by atoms with Crippen molar-refractivity contribution in [3.63, 3.8) is 0 Å². The fraction of sp³-hybridized carbons (Fsp3) is 0.462. The van der Waals surface area contributed by atoms with Crippen LogP contribution >= 0.6 is 0 Å². The predicted octanol–water partition coefficient (Wildman–Crippen LogP) is 0.635. The molecule has 0 aliphatic heterocycles. The van der Waals surface area contributed by atoms with Crippen LogP contribution < -0.4 is 11.1 Å². The molecule has 7 heteroatoms. The molecule has 0 bridgehead atoms. The fourth-order valence-corrected chi connectivity index (χ4v) is 2.65. The Morgan fingerprint density at radius 1 is 1.40 bits per heavy atom. The maximum atomic E-state index is 9.17. The number of hydrogen-bond donors (Lipinski definition) is 3. The number of nitrogens with zero attached hydrogens (tertiary/aromatic N) is 4. The van der Waals surface area contributed by atoms with E-state index in [2.05, 4.69) is 32.4 Å². The summed E-state index contributed by atoms with van der Waals surface area (Å²) in [6.07, 6.45) is 6.94. The number of rotatable bonds is 4. The lowest BCUT2D eigenvalue weighted by Gasteiger charge is -2.11. The number of aromatic nitrogens is 4. The van der Waals surface area contributed by atoms with E-state index in [0.29, 0.717) is 11.7 Å². The van der Waals surface area contributed by atoms with Crippen LogP contribution in [-0.2, 0) is 6.54 Å². The molecule has 2 heterocycles. The van der Waals surface area contributed by atoms with Gasteiger partial charge >= 0.3 is 0 Å². The molecule has 0 fully saturated rings. The highest BCUT2D eigenvalue weighted by Crippen LogP contribution is 2.26. The first-order valence-corrected chi connectivity index (χ1v) is 6.66. The van der Waals surface area contributed by atoms with Gasteiger partial charge in [-0.15, -0.1) is 0 Å². The Labute approximate surface area is 116 Å². The van der Waals surface area contributed by atoms with Crippen LogP contribution in [0, 0.1) is 11.8 Å². The van der Waals surface area contributed by atoms with Crippen molar-refractivity contribution in [2.75, 3.05) is 24.7 Å². The van der Waals surface area contributed by atoms with Crippen LogP contribution in [0.3, 0.4) is 0 Å². The summed E-state index contributed by atoms with van der Waals surface area (Å²) in [5, 5.41) is 12.2. The van der Waals surface area contributed by atoms with Gasteiger partial charge in [0.2, 0.25) is 5.95 Å². The predicted molar refractivity (Wildman–Crippen MR) is 77.1 cm³/mol. The molecule has 0 saturated carbocycles. The van der Waals surface area contributed by atoms with Crippen molar-refractivity contribution in [1.29, 1.82) is 0 Å². The van der Waals surface area contributed by atoms with Gasteiger partial charge in [-0.2, -0.15) is 9.97 Å². The number of nitrogen functional groups attached to an aromatic ring is 1. The largest absolute Gasteiger partial charge is 0.396 e. The number of aliphatic hydroxyl groups is 1. The Bertz CT molecular complexity index is 650. The van der Waals surface area contributed by atoms with Crippen LogP contribution in [0.15, 0.2) is 18.5 Å². The Morgan fingerprint density at radius 3 is 2.90 bits per heavy atom. The number of nitrogens with one attached hydrogen (secondary N) is 1. The maximum Gasteiger partial charge on any atom is 0.224 e. The highest BCUT2D eigenvalue weighted by atomic mass is 16.3. The first kappa shape index (κ1) is 12.9. The van der Waals surface area contributed by atoms with Crippen LogP contribution in [0.5, 0.6) is 0 Å². The highest BCUT2D eigenvalue weighted by Gasteiger charge is 2.20. The average molecular weight is 274 g/mol. The third kappa shape index (κ3) is 2.20. The van der Waals surface area contributed by atoms with E-state index < -0.39 is 0 Å². The van der Waals surface area contributed by atoms with E-state index in [-0.39, 0.29) is 18.5 Å². The van der Waals surface area contributed by atoms with Gasteiger partial charge in [-0.1, -0.05) is 12.2 Å². The average Bonchev–Trinajstić information content (AvgIpc) is 3.06. The van der Waals surface area contributed by atoms with Gasteiger partial charge in [0.05, 0.1) is 6.33 Å². The Kier molecular flexibility index (Phi) is 3.27. The molecule has 7 nitrogen and oxygen atoms in total. The van der Waals surface area contributed by atoms with Crippen LogP contribution in [0.4, 0.5) is 11.8 Å². The molecular formula is C13H18N6O. The van der Waals surface area contributed by atoms with Crippen LogP contribution in [-0.4, -0.2) is 38.3 Å². The number of imidazole rings is 1. The second-order valence-corrected chi connectivity index (χ2v) is 5.07. The van der Waals surface area contributed by atoms with Crippen LogP contribution in [0.2, 0.25) is 0 Å². The molecule has 0 amide bonds. The first-order valence-electron chi connectivity index (χ1n) is 6.66. The summed E-state index contributed by atoms with van der Waals surface area (Å²) in [6, 6.07) is 0. The first-order chi connectivity index (χ1) is 9.71. The molecule has 1 aliphatic rings. The molecule has 0 aromatic carbocycles. The summed E-state index contributed by atoms with van der Waals surface area (Å²) < 4.78 is 1.99. The summed E-state index contributed by atoms with van der Waals surface area (Å²) in [6.45, 7) is 0.986. The monoisotopic (exact) mass is 274 g/mol. The van der Waals surface area contributed by atoms with Crippen molar-refractivity contribution in [2.24, 2.45) is 11.8 Å². The number of allylic oxidation sites excluding steroid dienone is 1. The van der Waals surface area contributed by atoms with Crippen molar-refractivity contribution in [3.05, 3.63) is 18.5 Å². The normalized spacial score (nSPS) is 21.7. The van der Waals surface area contributed by atoms with E-state index in [1.54, 1.807) is 13.4 Å². The van der Waals surface area contributed by atoms with Crippen molar-refractivity contribution < 1.29 is 5.11 Å². The summed E-state index contributed by atoms with van der Waals surface area (Å²) >= 11 is 0. The third-order valence-electron chi connectivity index (χ3n) is 3.64. The van der Waals surface area contributed by atoms with Crippen molar-refractivity contribution in [1.82, 2.24) is 19.5 Å². The molecule has 106 valence electrons. The van der Waals surface area contributed by atoms with Gasteiger partial charge in [-0.05, 0) is 12.3 Å². The molecule has 1 aliphatic carbocycles. The molecule has 2 aromatic rings. The number of aliphatic hydroxyl groups excluding tert-OH is 1. The van der Waals surface area contributed by atoms with Crippen molar-refractivity contribution in [3.8, 4) is 0 Å². The van der Waals surface area contributed by atoms with E-state index in [4.69, 9.17) is 5.73 Å². The second kappa shape index (κ2) is 5.09. The smallest absolute Gasteiger partial charge is 0.224 e. The molecule has 2 atom stereocenters. The fourth-order valence-electron chi connectivity index (χ4n) is 2.65. The molecule has 0 saturated heterocycles. The van der Waals surface area contributed by atoms with Gasteiger partial charge < -0.3 is 20.7 Å². The second-order valence-electron chi connectivity index (χ2n) is 5.07. The zero-order valence-corrected chi connectivity index (χ0v) is 11.3. The number of nitrogens with two attached hydrogens (primary N) is 1. The lowest BCUT2D eigenvalue weighted by Crippen LogP contribution is -2.10. The summed E-state index contributed by atoms with van der Waals surface area (Å²) in [7, 11) is 1.78. The van der Waals surface area contributed by atoms with Gasteiger partial charge in [-0.3, -0.25) is 0 Å². The minimum atomic E-state index is 0.205. The van der Waals surface area contributed by atoms with E-state index in [0.717, 1.165) is 24.1 Å². The van der Waals surface area contributed by atoms with E-state index in [1.165, 1.54) is 0 Å². The maximum absolute atomic E-state index is 9.17. The molecule has 20 heavy (non-hydrogen) atoms. The number of anilines is 2. The molecule has 2 aromatic heterocycles. The Balaban J connectivity index is 1.89. The zero-order chi connectivity index (χ0) is 14.1. The highest BCUT2D eigenvalue weighted by molar-refractivity contribution is 5.83. The van der Waals surface area contributed by atoms with Gasteiger partial charge in [-0.25, -0.2) is 4.98 Å². The van der Waals surface area contributed by atoms with Crippen LogP contribution in [0.25, 0.3) is 11.2 Å². The minimum absolute atomic E-state index is 0.205. The molecule has 3 rings (SSSR count). The standard InChI is InChI=1S/C13H18N6O/c1-15-11-10-12(18-13(14)17-11)19(7-16-10)5-8-2-3-9(4-8)6-20/h2-3,7-9,20H,4-6H2,1H3,(H3,14,15,17,18)/t8-,9+/m0/s1. The molecule has 0 spiro atoms. The number of hydrogen-bond acceptors (Lipinski definition) is 6. The third-order valence-corrected chi connectivity index (χ3v) is 3.64. The Hall–Kier alpha value is -2.15. The van der Waals surface area contributed by atoms with E-state index >= 15 is 0 Å². The summed E-state index contributed by atoms with van der Waals surface area (Å²) in [5.41, 5.74) is 7.19. The van der Waals surface area contributed by atoms with E-state index in [9.17, 15) is 5.11 Å². The van der Waals surface area contributed by atoms with Gasteiger partial charge in [0.25, 0.3) is 0 Å². The summed E-state index contributed by atoms with van der Waals surface area (Å²) in [4.78, 5) is 12.8. The minimum Gasteiger partial charge on any atom is -0.396 e.